The molecule has 30 heavy (non-hydrogen) atoms. The highest BCUT2D eigenvalue weighted by Gasteiger charge is 2.35. The van der Waals surface area contributed by atoms with Crippen LogP contribution in [0.5, 0.6) is 0 Å². The minimum atomic E-state index is -0.481. The number of nitrogens with zero attached hydrogens (tertiary/aromatic N) is 2. The molecule has 1 aliphatic rings. The summed E-state index contributed by atoms with van der Waals surface area (Å²) in [5.74, 6) is -1.06. The summed E-state index contributed by atoms with van der Waals surface area (Å²) in [7, 11) is 0. The maximum absolute atomic E-state index is 12.7. The smallest absolute Gasteiger partial charge is 0.338 e. The summed E-state index contributed by atoms with van der Waals surface area (Å²) >= 11 is 0. The Kier molecular flexibility index (Phi) is 7.17. The van der Waals surface area contributed by atoms with Crippen molar-refractivity contribution in [1.29, 1.82) is 0 Å². The molecule has 7 heteroatoms. The predicted octanol–water partition coefficient (Wildman–Crippen LogP) is 3.59. The fourth-order valence-electron chi connectivity index (χ4n) is 3.42. The zero-order valence-electron chi connectivity index (χ0n) is 17.4. The number of ether oxygens (including phenoxy) is 1. The number of amides is 2. The molecule has 1 fully saturated rings. The Bertz CT molecular complexity index is 911. The van der Waals surface area contributed by atoms with Crippen LogP contribution < -0.4 is 10.2 Å². The van der Waals surface area contributed by atoms with Gasteiger partial charge in [0.1, 0.15) is 5.82 Å². The van der Waals surface area contributed by atoms with Crippen LogP contribution in [0.3, 0.4) is 0 Å². The number of aryl methyl sites for hydroxylation is 1. The number of hydrogen-bond acceptors (Lipinski definition) is 5. The van der Waals surface area contributed by atoms with Crippen molar-refractivity contribution >= 4 is 29.3 Å². The molecule has 0 radical (unpaired) electrons. The van der Waals surface area contributed by atoms with Gasteiger partial charge in [-0.3, -0.25) is 9.59 Å². The highest BCUT2D eigenvalue weighted by atomic mass is 16.5. The van der Waals surface area contributed by atoms with Crippen molar-refractivity contribution < 1.29 is 19.1 Å². The van der Waals surface area contributed by atoms with Gasteiger partial charge in [0.05, 0.1) is 18.1 Å². The molecule has 0 bridgehead atoms. The molecule has 1 aromatic heterocycles. The lowest BCUT2D eigenvalue weighted by Gasteiger charge is -2.17. The molecule has 1 N–H and O–H groups in total. The van der Waals surface area contributed by atoms with Crippen LogP contribution in [0.15, 0.2) is 42.6 Å². The van der Waals surface area contributed by atoms with Crippen LogP contribution in [0.1, 0.15) is 49.0 Å². The summed E-state index contributed by atoms with van der Waals surface area (Å²) < 4.78 is 4.96. The highest BCUT2D eigenvalue weighted by molar-refractivity contribution is 6.03. The van der Waals surface area contributed by atoms with Gasteiger partial charge in [-0.25, -0.2) is 9.78 Å². The molecule has 1 aromatic carbocycles. The molecule has 2 amide bonds. The number of carbonyl (C=O) groups excluding carboxylic acids is 3. The first-order valence-electron chi connectivity index (χ1n) is 10.3. The Morgan fingerprint density at radius 1 is 1.20 bits per heavy atom. The first-order valence-corrected chi connectivity index (χ1v) is 10.3. The minimum absolute atomic E-state index is 0.0790. The SMILES string of the molecule is CCCCc1ccc(N2CC(C(=O)Nc3cc(C(=O)OCC)ccn3)CC2=O)cc1. The average Bonchev–Trinajstić information content (AvgIpc) is 3.15. The van der Waals surface area contributed by atoms with Gasteiger partial charge in [0, 0.05) is 24.8 Å². The molecule has 2 aromatic rings. The molecule has 0 saturated carbocycles. The van der Waals surface area contributed by atoms with Gasteiger partial charge in [-0.05, 0) is 49.6 Å². The summed E-state index contributed by atoms with van der Waals surface area (Å²) in [4.78, 5) is 42.7. The van der Waals surface area contributed by atoms with E-state index in [1.165, 1.54) is 23.9 Å². The number of pyridine rings is 1. The van der Waals surface area contributed by atoms with E-state index in [9.17, 15) is 14.4 Å². The zero-order chi connectivity index (χ0) is 21.5. The van der Waals surface area contributed by atoms with E-state index in [0.29, 0.717) is 12.1 Å². The molecule has 0 aliphatic carbocycles. The Hall–Kier alpha value is -3.22. The Labute approximate surface area is 176 Å². The maximum atomic E-state index is 12.7. The average molecular weight is 409 g/mol. The summed E-state index contributed by atoms with van der Waals surface area (Å²) in [5.41, 5.74) is 2.36. The van der Waals surface area contributed by atoms with E-state index in [-0.39, 0.29) is 30.7 Å². The van der Waals surface area contributed by atoms with Gasteiger partial charge in [-0.15, -0.1) is 0 Å². The summed E-state index contributed by atoms with van der Waals surface area (Å²) in [5, 5.41) is 2.71. The van der Waals surface area contributed by atoms with E-state index in [4.69, 9.17) is 4.74 Å². The van der Waals surface area contributed by atoms with Crippen LogP contribution in [0.2, 0.25) is 0 Å². The molecular formula is C23H27N3O4. The fraction of sp³-hybridized carbons (Fsp3) is 0.391. The van der Waals surface area contributed by atoms with E-state index < -0.39 is 11.9 Å². The van der Waals surface area contributed by atoms with Gasteiger partial charge in [-0.2, -0.15) is 0 Å². The number of aromatic nitrogens is 1. The second kappa shape index (κ2) is 10.0. The van der Waals surface area contributed by atoms with Crippen LogP contribution in [0.25, 0.3) is 0 Å². The van der Waals surface area contributed by atoms with E-state index in [1.807, 2.05) is 24.3 Å². The lowest BCUT2D eigenvalue weighted by atomic mass is 10.1. The monoisotopic (exact) mass is 409 g/mol. The van der Waals surface area contributed by atoms with Crippen molar-refractivity contribution in [2.45, 2.75) is 39.5 Å². The summed E-state index contributed by atoms with van der Waals surface area (Å²) in [6.07, 6.45) is 4.87. The van der Waals surface area contributed by atoms with Crippen molar-refractivity contribution in [2.75, 3.05) is 23.4 Å². The number of rotatable bonds is 8. The molecule has 1 unspecified atom stereocenters. The third-order valence-electron chi connectivity index (χ3n) is 5.09. The molecule has 1 aliphatic heterocycles. The second-order valence-electron chi connectivity index (χ2n) is 7.31. The fourth-order valence-corrected chi connectivity index (χ4v) is 3.42. The number of hydrogen-bond donors (Lipinski definition) is 1. The third kappa shape index (κ3) is 5.23. The number of anilines is 2. The van der Waals surface area contributed by atoms with Crippen LogP contribution >= 0.6 is 0 Å². The number of nitrogens with one attached hydrogen (secondary N) is 1. The van der Waals surface area contributed by atoms with Gasteiger partial charge < -0.3 is 15.0 Å². The van der Waals surface area contributed by atoms with Crippen LogP contribution in [0, 0.1) is 5.92 Å². The van der Waals surface area contributed by atoms with E-state index in [2.05, 4.69) is 17.2 Å². The largest absolute Gasteiger partial charge is 0.462 e. The highest BCUT2D eigenvalue weighted by Crippen LogP contribution is 2.26. The lowest BCUT2D eigenvalue weighted by Crippen LogP contribution is -2.28. The van der Waals surface area contributed by atoms with Crippen LogP contribution in [-0.2, 0) is 20.7 Å². The van der Waals surface area contributed by atoms with Crippen molar-refractivity contribution in [2.24, 2.45) is 5.92 Å². The van der Waals surface area contributed by atoms with Crippen molar-refractivity contribution in [3.05, 3.63) is 53.7 Å². The Morgan fingerprint density at radius 3 is 2.67 bits per heavy atom. The van der Waals surface area contributed by atoms with Gasteiger partial charge in [0.15, 0.2) is 0 Å². The van der Waals surface area contributed by atoms with E-state index in [0.717, 1.165) is 24.9 Å². The van der Waals surface area contributed by atoms with Crippen LogP contribution in [-0.4, -0.2) is 35.9 Å². The zero-order valence-corrected chi connectivity index (χ0v) is 17.4. The number of carbonyl (C=O) groups is 3. The van der Waals surface area contributed by atoms with Gasteiger partial charge in [0.2, 0.25) is 11.8 Å². The first kappa shape index (κ1) is 21.5. The number of esters is 1. The molecule has 0 spiro atoms. The topological polar surface area (TPSA) is 88.6 Å². The Balaban J connectivity index is 1.62. The molecule has 1 atom stereocenters. The minimum Gasteiger partial charge on any atom is -0.462 e. The second-order valence-corrected chi connectivity index (χ2v) is 7.31. The third-order valence-corrected chi connectivity index (χ3v) is 5.09. The molecular weight excluding hydrogens is 382 g/mol. The summed E-state index contributed by atoms with van der Waals surface area (Å²) in [6, 6.07) is 11.0. The van der Waals surface area contributed by atoms with Crippen molar-refractivity contribution in [3.8, 4) is 0 Å². The molecule has 2 heterocycles. The molecule has 1 saturated heterocycles. The van der Waals surface area contributed by atoms with E-state index in [1.54, 1.807) is 11.8 Å². The van der Waals surface area contributed by atoms with Gasteiger partial charge in [-0.1, -0.05) is 25.5 Å². The first-order chi connectivity index (χ1) is 14.5. The maximum Gasteiger partial charge on any atom is 0.338 e. The predicted molar refractivity (Wildman–Crippen MR) is 114 cm³/mol. The van der Waals surface area contributed by atoms with Crippen LogP contribution in [0.4, 0.5) is 11.5 Å². The number of benzene rings is 1. The van der Waals surface area contributed by atoms with E-state index >= 15 is 0 Å². The lowest BCUT2D eigenvalue weighted by molar-refractivity contribution is -0.122. The van der Waals surface area contributed by atoms with Gasteiger partial charge in [0.25, 0.3) is 0 Å². The van der Waals surface area contributed by atoms with Crippen molar-refractivity contribution in [1.82, 2.24) is 4.98 Å². The molecule has 3 rings (SSSR count). The Morgan fingerprint density at radius 2 is 1.97 bits per heavy atom. The van der Waals surface area contributed by atoms with Crippen molar-refractivity contribution in [3.63, 3.8) is 0 Å². The number of unbranched alkanes of at least 4 members (excludes halogenated alkanes) is 1. The summed E-state index contributed by atoms with van der Waals surface area (Å²) in [6.45, 7) is 4.47. The van der Waals surface area contributed by atoms with Gasteiger partial charge >= 0.3 is 5.97 Å². The molecule has 158 valence electrons. The molecule has 7 nitrogen and oxygen atoms in total. The quantitative estimate of drug-likeness (QED) is 0.673. The standard InChI is InChI=1S/C23H27N3O4/c1-3-5-6-16-7-9-19(10-8-16)26-15-18(14-21(26)27)22(28)25-20-13-17(11-12-24-20)23(29)30-4-2/h7-13,18H,3-6,14-15H2,1-2H3,(H,24,25,28). The normalized spacial score (nSPS) is 15.9.